The third kappa shape index (κ3) is 4.27. The van der Waals surface area contributed by atoms with Gasteiger partial charge in [0.05, 0.1) is 19.2 Å². The molecule has 2 rings (SSSR count). The average molecular weight is 364 g/mol. The Morgan fingerprint density at radius 3 is 2.60 bits per heavy atom. The number of nitrogens with one attached hydrogen (secondary N) is 2. The van der Waals surface area contributed by atoms with Gasteiger partial charge in [-0.1, -0.05) is 6.07 Å². The fraction of sp³-hybridized carbons (Fsp3) is 0.353. The maximum Gasteiger partial charge on any atom is 0.355 e. The van der Waals surface area contributed by atoms with Crippen molar-refractivity contribution < 1.29 is 23.9 Å². The third-order valence-corrected chi connectivity index (χ3v) is 4.58. The topological polar surface area (TPSA) is 97.5 Å². The van der Waals surface area contributed by atoms with E-state index in [2.05, 4.69) is 10.3 Å². The van der Waals surface area contributed by atoms with Gasteiger partial charge >= 0.3 is 11.9 Å². The number of esters is 2. The Morgan fingerprint density at radius 2 is 2.00 bits per heavy atom. The molecule has 8 heteroatoms. The molecule has 1 amide bonds. The minimum absolute atomic E-state index is 0.135. The molecule has 0 aliphatic rings. The number of hydrogen-bond donors (Lipinski definition) is 2. The predicted molar refractivity (Wildman–Crippen MR) is 92.6 cm³/mol. The Balaban J connectivity index is 2.01. The molecule has 0 bridgehead atoms. The minimum Gasteiger partial charge on any atom is -0.465 e. The fourth-order valence-electron chi connectivity index (χ4n) is 2.37. The van der Waals surface area contributed by atoms with Crippen molar-refractivity contribution in [2.75, 3.05) is 7.11 Å². The molecule has 25 heavy (non-hydrogen) atoms. The van der Waals surface area contributed by atoms with Gasteiger partial charge in [0, 0.05) is 10.6 Å². The quantitative estimate of drug-likeness (QED) is 0.767. The molecular weight excluding hydrogens is 344 g/mol. The fourth-order valence-corrected chi connectivity index (χ4v) is 3.01. The van der Waals surface area contributed by atoms with Crippen LogP contribution in [-0.2, 0) is 20.8 Å². The van der Waals surface area contributed by atoms with Crippen LogP contribution in [0.3, 0.4) is 0 Å². The smallest absolute Gasteiger partial charge is 0.355 e. The summed E-state index contributed by atoms with van der Waals surface area (Å²) < 4.78 is 9.90. The molecule has 7 nitrogen and oxygen atoms in total. The highest BCUT2D eigenvalue weighted by atomic mass is 32.1. The van der Waals surface area contributed by atoms with Gasteiger partial charge in [0.25, 0.3) is 5.91 Å². The Hall–Kier alpha value is -2.61. The highest BCUT2D eigenvalue weighted by molar-refractivity contribution is 7.09. The number of rotatable bonds is 6. The van der Waals surface area contributed by atoms with Crippen molar-refractivity contribution >= 4 is 29.2 Å². The van der Waals surface area contributed by atoms with E-state index >= 15 is 0 Å². The van der Waals surface area contributed by atoms with E-state index in [1.54, 1.807) is 13.8 Å². The second-order valence-corrected chi connectivity index (χ2v) is 6.49. The molecule has 134 valence electrons. The van der Waals surface area contributed by atoms with Crippen LogP contribution in [0.15, 0.2) is 17.5 Å². The molecule has 0 unspecified atom stereocenters. The van der Waals surface area contributed by atoms with Crippen LogP contribution in [0.25, 0.3) is 0 Å². The van der Waals surface area contributed by atoms with Gasteiger partial charge in [0.2, 0.25) is 0 Å². The van der Waals surface area contributed by atoms with Crippen molar-refractivity contribution in [1.82, 2.24) is 10.3 Å². The first kappa shape index (κ1) is 18.7. The van der Waals surface area contributed by atoms with E-state index in [-0.39, 0.29) is 5.69 Å². The molecule has 2 aromatic rings. The molecule has 2 aromatic heterocycles. The van der Waals surface area contributed by atoms with Gasteiger partial charge in [0.1, 0.15) is 5.69 Å². The summed E-state index contributed by atoms with van der Waals surface area (Å²) in [6, 6.07) is 3.80. The van der Waals surface area contributed by atoms with Gasteiger partial charge in [-0.05, 0) is 37.8 Å². The molecule has 1 atom stereocenters. The van der Waals surface area contributed by atoms with Gasteiger partial charge in [-0.25, -0.2) is 9.59 Å². The SMILES string of the molecule is COC(=O)c1c(C)[nH]c(C(=O)O[C@H](C)C(=O)NCc2cccs2)c1C. The van der Waals surface area contributed by atoms with Crippen molar-refractivity contribution in [3.63, 3.8) is 0 Å². The van der Waals surface area contributed by atoms with Gasteiger partial charge in [-0.2, -0.15) is 0 Å². The lowest BCUT2D eigenvalue weighted by molar-refractivity contribution is -0.129. The van der Waals surface area contributed by atoms with E-state index in [0.717, 1.165) is 4.88 Å². The van der Waals surface area contributed by atoms with Crippen molar-refractivity contribution in [2.45, 2.75) is 33.4 Å². The molecule has 0 fully saturated rings. The Labute approximate surface area is 149 Å². The van der Waals surface area contributed by atoms with Crippen molar-refractivity contribution in [3.05, 3.63) is 44.9 Å². The number of amides is 1. The van der Waals surface area contributed by atoms with Gasteiger partial charge in [0.15, 0.2) is 6.10 Å². The summed E-state index contributed by atoms with van der Waals surface area (Å²) in [4.78, 5) is 39.9. The van der Waals surface area contributed by atoms with Crippen LogP contribution in [0.5, 0.6) is 0 Å². The summed E-state index contributed by atoms with van der Waals surface area (Å²) in [5.41, 5.74) is 1.37. The van der Waals surface area contributed by atoms with Crippen LogP contribution in [0, 0.1) is 13.8 Å². The zero-order chi connectivity index (χ0) is 18.6. The number of hydrogen-bond acceptors (Lipinski definition) is 6. The normalized spacial score (nSPS) is 11.7. The Morgan fingerprint density at radius 1 is 1.28 bits per heavy atom. The zero-order valence-corrected chi connectivity index (χ0v) is 15.3. The summed E-state index contributed by atoms with van der Waals surface area (Å²) in [6.45, 7) is 5.15. The monoisotopic (exact) mass is 364 g/mol. The third-order valence-electron chi connectivity index (χ3n) is 3.70. The lowest BCUT2D eigenvalue weighted by atomic mass is 10.1. The Bertz CT molecular complexity index is 779. The number of ether oxygens (including phenoxy) is 2. The maximum atomic E-state index is 12.3. The molecular formula is C17H20N2O5S. The molecule has 0 aliphatic carbocycles. The molecule has 0 aliphatic heterocycles. The van der Waals surface area contributed by atoms with Gasteiger partial charge < -0.3 is 19.8 Å². The van der Waals surface area contributed by atoms with E-state index in [1.165, 1.54) is 25.4 Å². The molecule has 0 saturated carbocycles. The van der Waals surface area contributed by atoms with Crippen LogP contribution in [0.4, 0.5) is 0 Å². The first-order valence-electron chi connectivity index (χ1n) is 7.63. The van der Waals surface area contributed by atoms with Crippen LogP contribution >= 0.6 is 11.3 Å². The summed E-state index contributed by atoms with van der Waals surface area (Å²) in [5, 5.41) is 4.63. The van der Waals surface area contributed by atoms with Crippen LogP contribution < -0.4 is 5.32 Å². The molecule has 2 heterocycles. The number of H-pyrrole nitrogens is 1. The molecule has 0 saturated heterocycles. The molecule has 0 radical (unpaired) electrons. The zero-order valence-electron chi connectivity index (χ0n) is 14.5. The van der Waals surface area contributed by atoms with E-state index in [9.17, 15) is 14.4 Å². The highest BCUT2D eigenvalue weighted by Gasteiger charge is 2.26. The van der Waals surface area contributed by atoms with E-state index in [4.69, 9.17) is 9.47 Å². The standard InChI is InChI=1S/C17H20N2O5S/c1-9-13(16(21)23-4)10(2)19-14(9)17(22)24-11(3)15(20)18-8-12-6-5-7-25-12/h5-7,11,19H,8H2,1-4H3,(H,18,20)/t11-/m1/s1. The van der Waals surface area contributed by atoms with E-state index in [1.807, 2.05) is 17.5 Å². The summed E-state index contributed by atoms with van der Waals surface area (Å²) in [5.74, 6) is -1.63. The van der Waals surface area contributed by atoms with Gasteiger partial charge in [-0.15, -0.1) is 11.3 Å². The number of thiophene rings is 1. The maximum absolute atomic E-state index is 12.3. The number of aromatic amines is 1. The predicted octanol–water partition coefficient (Wildman–Crippen LogP) is 2.34. The molecule has 0 aromatic carbocycles. The Kier molecular flexibility index (Phi) is 5.97. The number of aryl methyl sites for hydroxylation is 1. The lowest BCUT2D eigenvalue weighted by Crippen LogP contribution is -2.35. The first-order valence-corrected chi connectivity index (χ1v) is 8.51. The number of methoxy groups -OCH3 is 1. The van der Waals surface area contributed by atoms with Crippen LogP contribution in [0.2, 0.25) is 0 Å². The van der Waals surface area contributed by atoms with Crippen molar-refractivity contribution in [2.24, 2.45) is 0 Å². The van der Waals surface area contributed by atoms with Gasteiger partial charge in [-0.3, -0.25) is 4.79 Å². The van der Waals surface area contributed by atoms with Crippen molar-refractivity contribution in [3.8, 4) is 0 Å². The number of carbonyl (C=O) groups excluding carboxylic acids is 3. The largest absolute Gasteiger partial charge is 0.465 e. The lowest BCUT2D eigenvalue weighted by Gasteiger charge is -2.13. The van der Waals surface area contributed by atoms with Crippen LogP contribution in [0.1, 0.15) is 43.9 Å². The minimum atomic E-state index is -0.961. The molecule has 0 spiro atoms. The summed E-state index contributed by atoms with van der Waals surface area (Å²) in [6.07, 6.45) is -0.961. The van der Waals surface area contributed by atoms with Crippen LogP contribution in [-0.4, -0.2) is 36.0 Å². The van der Waals surface area contributed by atoms with E-state index in [0.29, 0.717) is 23.4 Å². The summed E-state index contributed by atoms with van der Waals surface area (Å²) in [7, 11) is 1.27. The molecule has 2 N–H and O–H groups in total. The number of carbonyl (C=O) groups is 3. The highest BCUT2D eigenvalue weighted by Crippen LogP contribution is 2.20. The first-order chi connectivity index (χ1) is 11.8. The van der Waals surface area contributed by atoms with E-state index < -0.39 is 23.9 Å². The summed E-state index contributed by atoms with van der Waals surface area (Å²) >= 11 is 1.53. The second kappa shape index (κ2) is 7.98. The van der Waals surface area contributed by atoms with Crippen molar-refractivity contribution in [1.29, 1.82) is 0 Å². The number of aromatic nitrogens is 1. The average Bonchev–Trinajstić information content (AvgIpc) is 3.19. The second-order valence-electron chi connectivity index (χ2n) is 5.46.